The van der Waals surface area contributed by atoms with Crippen LogP contribution < -0.4 is 10.0 Å². The summed E-state index contributed by atoms with van der Waals surface area (Å²) >= 11 is 0. The quantitative estimate of drug-likeness (QED) is 0.700. The summed E-state index contributed by atoms with van der Waals surface area (Å²) in [7, 11) is 0.366. The number of hydrogen-bond acceptors (Lipinski definition) is 6. The Bertz CT molecular complexity index is 804. The van der Waals surface area contributed by atoms with Crippen molar-refractivity contribution in [1.82, 2.24) is 15.1 Å². The van der Waals surface area contributed by atoms with Gasteiger partial charge in [-0.25, -0.2) is 8.42 Å². The molecule has 0 atom stereocenters. The number of sulfonamides is 1. The van der Waals surface area contributed by atoms with Crippen molar-refractivity contribution in [3.63, 3.8) is 0 Å². The van der Waals surface area contributed by atoms with Gasteiger partial charge < -0.3 is 10.2 Å². The minimum Gasteiger partial charge on any atom is -0.369 e. The molecule has 7 nitrogen and oxygen atoms in total. The molecule has 0 unspecified atom stereocenters. The molecule has 25 heavy (non-hydrogen) atoms. The second-order valence-corrected chi connectivity index (χ2v) is 7.91. The molecule has 0 saturated heterocycles. The fourth-order valence-electron chi connectivity index (χ4n) is 2.39. The molecule has 1 heterocycles. The van der Waals surface area contributed by atoms with Crippen molar-refractivity contribution in [3.05, 3.63) is 41.5 Å². The maximum atomic E-state index is 12.5. The van der Waals surface area contributed by atoms with Gasteiger partial charge in [0, 0.05) is 6.54 Å². The van der Waals surface area contributed by atoms with Crippen LogP contribution in [0.3, 0.4) is 0 Å². The lowest BCUT2D eigenvalue weighted by Crippen LogP contribution is -2.17. The number of rotatable bonds is 8. The smallest absolute Gasteiger partial charge is 0.263 e. The van der Waals surface area contributed by atoms with Crippen LogP contribution in [0.25, 0.3) is 0 Å². The van der Waals surface area contributed by atoms with Crippen LogP contribution >= 0.6 is 0 Å². The Morgan fingerprint density at radius 3 is 2.32 bits per heavy atom. The monoisotopic (exact) mass is 363 g/mol. The molecule has 0 aliphatic heterocycles. The molecule has 2 rings (SSSR count). The molecule has 2 N–H and O–H groups in total. The Kier molecular flexibility index (Phi) is 6.33. The topological polar surface area (TPSA) is 87.2 Å². The zero-order valence-electron chi connectivity index (χ0n) is 15.1. The number of nitrogens with one attached hydrogen (secondary N) is 2. The Hall–Kier alpha value is -2.19. The van der Waals surface area contributed by atoms with Gasteiger partial charge in [-0.05, 0) is 64.7 Å². The van der Waals surface area contributed by atoms with E-state index < -0.39 is 10.0 Å². The van der Waals surface area contributed by atoms with Gasteiger partial charge in [0.25, 0.3) is 10.0 Å². The van der Waals surface area contributed by atoms with Gasteiger partial charge in [-0.3, -0.25) is 4.72 Å². The average Bonchev–Trinajstić information content (AvgIpc) is 2.52. The molecule has 0 saturated carbocycles. The molecule has 136 valence electrons. The van der Waals surface area contributed by atoms with Gasteiger partial charge in [-0.2, -0.15) is 0 Å². The predicted octanol–water partition coefficient (Wildman–Crippen LogP) is 2.26. The highest BCUT2D eigenvalue weighted by Crippen LogP contribution is 2.19. The first-order valence-electron chi connectivity index (χ1n) is 8.10. The van der Waals surface area contributed by atoms with Crippen LogP contribution in [0.2, 0.25) is 0 Å². The molecule has 2 aromatic rings. The molecule has 0 aliphatic carbocycles. The molecule has 0 radical (unpaired) electrons. The van der Waals surface area contributed by atoms with Crippen molar-refractivity contribution in [3.8, 4) is 0 Å². The van der Waals surface area contributed by atoms with Gasteiger partial charge in [0.15, 0.2) is 5.82 Å². The van der Waals surface area contributed by atoms with E-state index in [1.54, 1.807) is 31.2 Å². The van der Waals surface area contributed by atoms with Crippen LogP contribution in [0.5, 0.6) is 0 Å². The van der Waals surface area contributed by atoms with Gasteiger partial charge in [0.1, 0.15) is 5.82 Å². The van der Waals surface area contributed by atoms with Crippen molar-refractivity contribution in [2.45, 2.75) is 25.2 Å². The fourth-order valence-corrected chi connectivity index (χ4v) is 3.61. The Labute approximate surface area is 149 Å². The van der Waals surface area contributed by atoms with E-state index in [1.807, 2.05) is 27.1 Å². The molecular weight excluding hydrogens is 338 g/mol. The third-order valence-electron chi connectivity index (χ3n) is 3.61. The lowest BCUT2D eigenvalue weighted by Gasteiger charge is -2.11. The van der Waals surface area contributed by atoms with E-state index in [4.69, 9.17) is 0 Å². The number of nitrogens with zero attached hydrogens (tertiary/aromatic N) is 3. The number of benzene rings is 1. The molecule has 1 aromatic heterocycles. The van der Waals surface area contributed by atoms with E-state index in [1.165, 1.54) is 0 Å². The van der Waals surface area contributed by atoms with Crippen molar-refractivity contribution < 1.29 is 8.42 Å². The summed E-state index contributed by atoms with van der Waals surface area (Å²) in [5.41, 5.74) is 1.71. The van der Waals surface area contributed by atoms with Crippen molar-refractivity contribution in [2.75, 3.05) is 37.2 Å². The fraction of sp³-hybridized carbons (Fsp3) is 0.412. The van der Waals surface area contributed by atoms with Crippen LogP contribution in [0, 0.1) is 13.8 Å². The zero-order chi connectivity index (χ0) is 18.4. The third-order valence-corrected chi connectivity index (χ3v) is 5.13. The largest absolute Gasteiger partial charge is 0.369 e. The summed E-state index contributed by atoms with van der Waals surface area (Å²) in [4.78, 5) is 2.35. The highest BCUT2D eigenvalue weighted by atomic mass is 32.2. The van der Waals surface area contributed by atoms with Gasteiger partial charge in [-0.1, -0.05) is 17.7 Å². The van der Waals surface area contributed by atoms with Gasteiger partial charge in [0.05, 0.1) is 4.90 Å². The Balaban J connectivity index is 2.00. The van der Waals surface area contributed by atoms with Crippen LogP contribution in [0.4, 0.5) is 11.6 Å². The summed E-state index contributed by atoms with van der Waals surface area (Å²) in [6.45, 7) is 5.45. The van der Waals surface area contributed by atoms with E-state index in [9.17, 15) is 8.42 Å². The normalized spacial score (nSPS) is 11.6. The molecule has 0 spiro atoms. The highest BCUT2D eigenvalue weighted by Gasteiger charge is 2.17. The second-order valence-electron chi connectivity index (χ2n) is 6.26. The maximum absolute atomic E-state index is 12.5. The second kappa shape index (κ2) is 8.26. The van der Waals surface area contributed by atoms with Gasteiger partial charge in [-0.15, -0.1) is 10.2 Å². The van der Waals surface area contributed by atoms with Crippen LogP contribution in [0.1, 0.15) is 17.5 Å². The van der Waals surface area contributed by atoms with Crippen molar-refractivity contribution >= 4 is 21.7 Å². The highest BCUT2D eigenvalue weighted by molar-refractivity contribution is 7.92. The predicted molar refractivity (Wildman–Crippen MR) is 100 cm³/mol. The van der Waals surface area contributed by atoms with E-state index in [0.29, 0.717) is 11.4 Å². The maximum Gasteiger partial charge on any atom is 0.263 e. The standard InChI is InChI=1S/C17H25N5O2S/c1-13-6-7-15(14(2)12-13)25(23,24)21-17-9-8-16(19-20-17)18-10-5-11-22(3)4/h6-9,12H,5,10-11H2,1-4H3,(H,18,19)(H,20,21). The summed E-state index contributed by atoms with van der Waals surface area (Å²) in [6, 6.07) is 8.51. The summed E-state index contributed by atoms with van der Waals surface area (Å²) in [5.74, 6) is 0.812. The van der Waals surface area contributed by atoms with Crippen LogP contribution in [-0.4, -0.2) is 50.7 Å². The number of aromatic nitrogens is 2. The molecule has 0 bridgehead atoms. The number of hydrogen-bond donors (Lipinski definition) is 2. The first kappa shape index (κ1) is 19.1. The number of aryl methyl sites for hydroxylation is 2. The minimum absolute atomic E-state index is 0.193. The number of anilines is 2. The van der Waals surface area contributed by atoms with E-state index >= 15 is 0 Å². The first-order valence-corrected chi connectivity index (χ1v) is 9.58. The minimum atomic E-state index is -3.68. The average molecular weight is 363 g/mol. The first-order chi connectivity index (χ1) is 11.8. The molecule has 0 fully saturated rings. The SMILES string of the molecule is Cc1ccc(S(=O)(=O)Nc2ccc(NCCCN(C)C)nn2)c(C)c1. The molecule has 0 aliphatic rings. The van der Waals surface area contributed by atoms with Gasteiger partial charge in [0.2, 0.25) is 0 Å². The van der Waals surface area contributed by atoms with Crippen molar-refractivity contribution in [1.29, 1.82) is 0 Å². The molecule has 8 heteroatoms. The zero-order valence-corrected chi connectivity index (χ0v) is 15.9. The lowest BCUT2D eigenvalue weighted by atomic mass is 10.2. The Morgan fingerprint density at radius 2 is 1.72 bits per heavy atom. The van der Waals surface area contributed by atoms with E-state index in [-0.39, 0.29) is 10.7 Å². The van der Waals surface area contributed by atoms with Crippen molar-refractivity contribution in [2.24, 2.45) is 0 Å². The Morgan fingerprint density at radius 1 is 1.04 bits per heavy atom. The lowest BCUT2D eigenvalue weighted by molar-refractivity contribution is 0.405. The molecule has 1 aromatic carbocycles. The summed E-state index contributed by atoms with van der Waals surface area (Å²) in [5, 5.41) is 11.1. The molecule has 0 amide bonds. The van der Waals surface area contributed by atoms with E-state index in [2.05, 4.69) is 25.1 Å². The molecular formula is C17H25N5O2S. The summed E-state index contributed by atoms with van der Waals surface area (Å²) in [6.07, 6.45) is 0.982. The van der Waals surface area contributed by atoms with Crippen LogP contribution in [-0.2, 0) is 10.0 Å². The van der Waals surface area contributed by atoms with Crippen LogP contribution in [0.15, 0.2) is 35.2 Å². The summed E-state index contributed by atoms with van der Waals surface area (Å²) < 4.78 is 27.5. The van der Waals surface area contributed by atoms with Gasteiger partial charge >= 0.3 is 0 Å². The third kappa shape index (κ3) is 5.68. The van der Waals surface area contributed by atoms with E-state index in [0.717, 1.165) is 25.1 Å².